The SMILES string of the molecule is CS(=O)(=O)NC1CCCN(C2c3ccccc3-c3ccccc32)C1. The molecule has 4 nitrogen and oxygen atoms in total. The van der Waals surface area contributed by atoms with Crippen molar-refractivity contribution in [2.45, 2.75) is 24.9 Å². The highest BCUT2D eigenvalue weighted by Crippen LogP contribution is 2.46. The van der Waals surface area contributed by atoms with E-state index >= 15 is 0 Å². The first kappa shape index (κ1) is 15.8. The van der Waals surface area contributed by atoms with Crippen molar-refractivity contribution in [2.75, 3.05) is 19.3 Å². The van der Waals surface area contributed by atoms with Gasteiger partial charge in [0.15, 0.2) is 0 Å². The molecule has 1 N–H and O–H groups in total. The Morgan fingerprint density at radius 2 is 1.58 bits per heavy atom. The topological polar surface area (TPSA) is 49.4 Å². The lowest BCUT2D eigenvalue weighted by Crippen LogP contribution is -2.48. The first-order valence-corrected chi connectivity index (χ1v) is 10.3. The lowest BCUT2D eigenvalue weighted by atomic mass is 9.98. The normalized spacial score (nSPS) is 21.5. The molecule has 0 aromatic heterocycles. The van der Waals surface area contributed by atoms with Crippen LogP contribution in [0.3, 0.4) is 0 Å². The van der Waals surface area contributed by atoms with E-state index in [0.29, 0.717) is 0 Å². The quantitative estimate of drug-likeness (QED) is 0.933. The van der Waals surface area contributed by atoms with Crippen molar-refractivity contribution in [3.63, 3.8) is 0 Å². The van der Waals surface area contributed by atoms with Gasteiger partial charge in [0.05, 0.1) is 12.3 Å². The third-order valence-corrected chi connectivity index (χ3v) is 5.76. The number of rotatable bonds is 3. The molecule has 126 valence electrons. The van der Waals surface area contributed by atoms with Crippen LogP contribution in [0.2, 0.25) is 0 Å². The van der Waals surface area contributed by atoms with Gasteiger partial charge in [0.25, 0.3) is 0 Å². The van der Waals surface area contributed by atoms with Crippen molar-refractivity contribution in [3.8, 4) is 11.1 Å². The Morgan fingerprint density at radius 3 is 2.17 bits per heavy atom. The van der Waals surface area contributed by atoms with Crippen LogP contribution in [0.25, 0.3) is 11.1 Å². The van der Waals surface area contributed by atoms with Crippen LogP contribution in [0, 0.1) is 0 Å². The molecule has 1 heterocycles. The molecular formula is C19H22N2O2S. The number of nitrogens with zero attached hydrogens (tertiary/aromatic N) is 1. The van der Waals surface area contributed by atoms with Gasteiger partial charge >= 0.3 is 0 Å². The molecule has 0 spiro atoms. The van der Waals surface area contributed by atoms with E-state index in [2.05, 4.69) is 58.2 Å². The highest BCUT2D eigenvalue weighted by Gasteiger charge is 2.35. The van der Waals surface area contributed by atoms with Gasteiger partial charge in [0, 0.05) is 12.6 Å². The van der Waals surface area contributed by atoms with E-state index in [1.165, 1.54) is 28.5 Å². The van der Waals surface area contributed by atoms with Crippen LogP contribution >= 0.6 is 0 Å². The number of hydrogen-bond donors (Lipinski definition) is 1. The molecule has 0 saturated carbocycles. The van der Waals surface area contributed by atoms with Gasteiger partial charge in [-0.1, -0.05) is 48.5 Å². The van der Waals surface area contributed by atoms with Gasteiger partial charge in [0.1, 0.15) is 0 Å². The molecule has 4 rings (SSSR count). The Bertz CT molecular complexity index is 818. The van der Waals surface area contributed by atoms with Gasteiger partial charge in [-0.15, -0.1) is 0 Å². The Kier molecular flexibility index (Phi) is 3.95. The fourth-order valence-corrected chi connectivity index (χ4v) is 4.96. The van der Waals surface area contributed by atoms with Crippen LogP contribution in [0.1, 0.15) is 30.0 Å². The fourth-order valence-electron chi connectivity index (χ4n) is 4.16. The smallest absolute Gasteiger partial charge is 0.208 e. The molecule has 1 unspecified atom stereocenters. The predicted molar refractivity (Wildman–Crippen MR) is 96.3 cm³/mol. The minimum Gasteiger partial charge on any atom is -0.291 e. The van der Waals surface area contributed by atoms with E-state index in [4.69, 9.17) is 0 Å². The van der Waals surface area contributed by atoms with Crippen molar-refractivity contribution in [2.24, 2.45) is 0 Å². The largest absolute Gasteiger partial charge is 0.291 e. The zero-order valence-corrected chi connectivity index (χ0v) is 14.6. The minimum atomic E-state index is -3.17. The maximum Gasteiger partial charge on any atom is 0.208 e. The molecule has 1 saturated heterocycles. The van der Waals surface area contributed by atoms with Crippen LogP contribution in [-0.4, -0.2) is 38.7 Å². The number of likely N-dealkylation sites (tertiary alicyclic amines) is 1. The van der Waals surface area contributed by atoms with Crippen LogP contribution in [0.4, 0.5) is 0 Å². The van der Waals surface area contributed by atoms with Crippen LogP contribution in [0.5, 0.6) is 0 Å². The summed E-state index contributed by atoms with van der Waals surface area (Å²) >= 11 is 0. The summed E-state index contributed by atoms with van der Waals surface area (Å²) in [7, 11) is -3.17. The Balaban J connectivity index is 1.68. The molecule has 2 aromatic rings. The Hall–Kier alpha value is -1.69. The average Bonchev–Trinajstić information content (AvgIpc) is 2.88. The lowest BCUT2D eigenvalue weighted by Gasteiger charge is -2.37. The van der Waals surface area contributed by atoms with Gasteiger partial charge in [0.2, 0.25) is 10.0 Å². The van der Waals surface area contributed by atoms with Crippen molar-refractivity contribution in [1.29, 1.82) is 0 Å². The van der Waals surface area contributed by atoms with Crippen molar-refractivity contribution in [3.05, 3.63) is 59.7 Å². The second kappa shape index (κ2) is 5.99. The zero-order valence-electron chi connectivity index (χ0n) is 13.8. The molecule has 5 heteroatoms. The third-order valence-electron chi connectivity index (χ3n) is 5.00. The number of fused-ring (bicyclic) bond motifs is 3. The second-order valence-corrected chi connectivity index (χ2v) is 8.58. The summed E-state index contributed by atoms with van der Waals surface area (Å²) in [5.41, 5.74) is 5.27. The second-order valence-electron chi connectivity index (χ2n) is 6.80. The molecule has 2 aliphatic rings. The maximum atomic E-state index is 11.6. The molecule has 0 amide bonds. The summed E-state index contributed by atoms with van der Waals surface area (Å²) in [5, 5.41) is 0. The van der Waals surface area contributed by atoms with E-state index in [-0.39, 0.29) is 12.1 Å². The van der Waals surface area contributed by atoms with Gasteiger partial charge < -0.3 is 0 Å². The third kappa shape index (κ3) is 2.88. The molecule has 0 bridgehead atoms. The van der Waals surface area contributed by atoms with Crippen molar-refractivity contribution >= 4 is 10.0 Å². The molecular weight excluding hydrogens is 320 g/mol. The Morgan fingerprint density at radius 1 is 1.00 bits per heavy atom. The van der Waals surface area contributed by atoms with E-state index in [0.717, 1.165) is 25.9 Å². The molecule has 24 heavy (non-hydrogen) atoms. The summed E-state index contributed by atoms with van der Waals surface area (Å²) in [5.74, 6) is 0. The van der Waals surface area contributed by atoms with Crippen LogP contribution in [-0.2, 0) is 10.0 Å². The first-order valence-electron chi connectivity index (χ1n) is 8.42. The van der Waals surface area contributed by atoms with E-state index in [1.807, 2.05) is 0 Å². The summed E-state index contributed by atoms with van der Waals surface area (Å²) in [6.07, 6.45) is 3.15. The number of piperidine rings is 1. The monoisotopic (exact) mass is 342 g/mol. The summed E-state index contributed by atoms with van der Waals surface area (Å²) in [4.78, 5) is 2.43. The van der Waals surface area contributed by atoms with Gasteiger partial charge in [-0.25, -0.2) is 13.1 Å². The van der Waals surface area contributed by atoms with Crippen LogP contribution in [0.15, 0.2) is 48.5 Å². The van der Waals surface area contributed by atoms with Crippen molar-refractivity contribution < 1.29 is 8.42 Å². The predicted octanol–water partition coefficient (Wildman–Crippen LogP) is 2.77. The fraction of sp³-hybridized carbons (Fsp3) is 0.368. The average molecular weight is 342 g/mol. The van der Waals surface area contributed by atoms with Gasteiger partial charge in [-0.05, 0) is 41.6 Å². The molecule has 1 atom stereocenters. The number of sulfonamides is 1. The van der Waals surface area contributed by atoms with Gasteiger partial charge in [-0.3, -0.25) is 4.90 Å². The number of nitrogens with one attached hydrogen (secondary N) is 1. The van der Waals surface area contributed by atoms with Crippen LogP contribution < -0.4 is 4.72 Å². The zero-order chi connectivity index (χ0) is 16.7. The van der Waals surface area contributed by atoms with Crippen molar-refractivity contribution in [1.82, 2.24) is 9.62 Å². The maximum absolute atomic E-state index is 11.6. The Labute approximate surface area is 143 Å². The van der Waals surface area contributed by atoms with E-state index in [9.17, 15) is 8.42 Å². The molecule has 0 radical (unpaired) electrons. The molecule has 1 fully saturated rings. The number of benzene rings is 2. The highest BCUT2D eigenvalue weighted by molar-refractivity contribution is 7.88. The standard InChI is InChI=1S/C19H22N2O2S/c1-24(22,23)20-14-7-6-12-21(13-14)19-17-10-4-2-8-15(17)16-9-3-5-11-18(16)19/h2-5,8-11,14,19-20H,6-7,12-13H2,1H3. The number of hydrogen-bond acceptors (Lipinski definition) is 3. The lowest BCUT2D eigenvalue weighted by molar-refractivity contribution is 0.167. The highest BCUT2D eigenvalue weighted by atomic mass is 32.2. The molecule has 1 aliphatic carbocycles. The summed E-state index contributed by atoms with van der Waals surface area (Å²) in [6.45, 7) is 1.75. The van der Waals surface area contributed by atoms with Gasteiger partial charge in [-0.2, -0.15) is 0 Å². The molecule has 2 aromatic carbocycles. The molecule has 1 aliphatic heterocycles. The van der Waals surface area contributed by atoms with E-state index < -0.39 is 10.0 Å². The van der Waals surface area contributed by atoms with E-state index in [1.54, 1.807) is 0 Å². The first-order chi connectivity index (χ1) is 11.5. The summed E-state index contributed by atoms with van der Waals surface area (Å²) < 4.78 is 26.0. The summed E-state index contributed by atoms with van der Waals surface area (Å²) in [6, 6.07) is 17.3. The minimum absolute atomic E-state index is 0.00586.